The number of nitrogens with zero attached hydrogens (tertiary/aromatic N) is 1. The standard InChI is InChI=1S/C17H11BrFNO3/c18-14-3-6-16(23-10-17(21)22)12(8-14)7-13(9-20)11-1-4-15(19)5-2-11/h1-8H,10H2,(H,21,22)/p-1/b13-7-. The summed E-state index contributed by atoms with van der Waals surface area (Å²) in [5.74, 6) is -1.44. The van der Waals surface area contributed by atoms with Crippen molar-refractivity contribution in [3.63, 3.8) is 0 Å². The normalized spacial score (nSPS) is 10.9. The summed E-state index contributed by atoms with van der Waals surface area (Å²) < 4.78 is 18.9. The molecule has 6 heteroatoms. The molecule has 0 aliphatic carbocycles. The number of hydrogen-bond acceptors (Lipinski definition) is 4. The number of halogens is 2. The molecular formula is C17H10BrFNO3-. The highest BCUT2D eigenvalue weighted by atomic mass is 79.9. The fourth-order valence-electron chi connectivity index (χ4n) is 1.87. The van der Waals surface area contributed by atoms with Gasteiger partial charge in [0, 0.05) is 10.0 Å². The Hall–Kier alpha value is -2.65. The maximum Gasteiger partial charge on any atom is 0.128 e. The minimum atomic E-state index is -1.35. The number of carbonyl (C=O) groups excluding carboxylic acids is 1. The molecule has 0 aromatic heterocycles. The summed E-state index contributed by atoms with van der Waals surface area (Å²) in [7, 11) is 0. The summed E-state index contributed by atoms with van der Waals surface area (Å²) >= 11 is 3.31. The molecule has 0 aliphatic rings. The molecular weight excluding hydrogens is 365 g/mol. The molecule has 116 valence electrons. The van der Waals surface area contributed by atoms with Crippen LogP contribution in [0.2, 0.25) is 0 Å². The van der Waals surface area contributed by atoms with E-state index in [1.807, 2.05) is 6.07 Å². The lowest BCUT2D eigenvalue weighted by molar-refractivity contribution is -0.307. The van der Waals surface area contributed by atoms with E-state index in [9.17, 15) is 19.6 Å². The molecule has 0 saturated carbocycles. The Bertz CT molecular complexity index is 794. The van der Waals surface area contributed by atoms with Crippen molar-refractivity contribution < 1.29 is 19.0 Å². The van der Waals surface area contributed by atoms with E-state index in [-0.39, 0.29) is 0 Å². The van der Waals surface area contributed by atoms with Gasteiger partial charge in [-0.25, -0.2) is 4.39 Å². The Labute approximate surface area is 140 Å². The second kappa shape index (κ2) is 7.56. The van der Waals surface area contributed by atoms with Gasteiger partial charge in [0.2, 0.25) is 0 Å². The van der Waals surface area contributed by atoms with Gasteiger partial charge in [0.05, 0.1) is 17.6 Å². The second-order valence-electron chi connectivity index (χ2n) is 4.52. The third kappa shape index (κ3) is 4.66. The van der Waals surface area contributed by atoms with Crippen molar-refractivity contribution >= 4 is 33.5 Å². The van der Waals surface area contributed by atoms with Crippen LogP contribution in [0.1, 0.15) is 11.1 Å². The Balaban J connectivity index is 2.42. The molecule has 2 rings (SSSR count). The van der Waals surface area contributed by atoms with Gasteiger partial charge in [-0.1, -0.05) is 28.1 Å². The Kier molecular flexibility index (Phi) is 5.50. The van der Waals surface area contributed by atoms with E-state index in [4.69, 9.17) is 4.74 Å². The summed E-state index contributed by atoms with van der Waals surface area (Å²) in [6.45, 7) is -0.596. The molecule has 23 heavy (non-hydrogen) atoms. The van der Waals surface area contributed by atoms with Crippen LogP contribution in [0, 0.1) is 17.1 Å². The lowest BCUT2D eigenvalue weighted by atomic mass is 10.0. The number of rotatable bonds is 5. The van der Waals surface area contributed by atoms with Gasteiger partial charge in [0.1, 0.15) is 18.2 Å². The molecule has 0 unspecified atom stereocenters. The highest BCUT2D eigenvalue weighted by Gasteiger charge is 2.07. The number of aliphatic carboxylic acids is 1. The summed E-state index contributed by atoms with van der Waals surface area (Å²) in [4.78, 5) is 10.5. The number of carbonyl (C=O) groups is 1. The number of carboxylic acid groups (broad SMARTS) is 1. The number of hydrogen-bond donors (Lipinski definition) is 0. The molecule has 4 nitrogen and oxygen atoms in total. The Morgan fingerprint density at radius 1 is 1.30 bits per heavy atom. The fourth-order valence-corrected chi connectivity index (χ4v) is 2.24. The fraction of sp³-hybridized carbons (Fsp3) is 0.0588. The first-order chi connectivity index (χ1) is 11.0. The van der Waals surface area contributed by atoms with Crippen LogP contribution in [-0.4, -0.2) is 12.6 Å². The van der Waals surface area contributed by atoms with Crippen molar-refractivity contribution in [2.45, 2.75) is 0 Å². The van der Waals surface area contributed by atoms with E-state index >= 15 is 0 Å². The molecule has 2 aromatic carbocycles. The topological polar surface area (TPSA) is 73.1 Å². The first kappa shape index (κ1) is 16.7. The minimum Gasteiger partial charge on any atom is -0.546 e. The predicted octanol–water partition coefficient (Wildman–Crippen LogP) is 2.78. The molecule has 0 saturated heterocycles. The van der Waals surface area contributed by atoms with Gasteiger partial charge < -0.3 is 14.6 Å². The van der Waals surface area contributed by atoms with Crippen molar-refractivity contribution in [3.8, 4) is 11.8 Å². The molecule has 0 fully saturated rings. The molecule has 0 heterocycles. The quantitative estimate of drug-likeness (QED) is 0.595. The van der Waals surface area contributed by atoms with E-state index in [1.54, 1.807) is 24.3 Å². The van der Waals surface area contributed by atoms with Crippen molar-refractivity contribution in [2.24, 2.45) is 0 Å². The van der Waals surface area contributed by atoms with Crippen LogP contribution in [0.3, 0.4) is 0 Å². The number of ether oxygens (including phenoxy) is 1. The van der Waals surface area contributed by atoms with E-state index in [2.05, 4.69) is 15.9 Å². The average molecular weight is 375 g/mol. The number of nitriles is 1. The lowest BCUT2D eigenvalue weighted by Gasteiger charge is -2.11. The van der Waals surface area contributed by atoms with E-state index in [0.29, 0.717) is 22.4 Å². The average Bonchev–Trinajstić information content (AvgIpc) is 2.52. The van der Waals surface area contributed by atoms with Gasteiger partial charge in [-0.05, 0) is 42.0 Å². The smallest absolute Gasteiger partial charge is 0.128 e. The van der Waals surface area contributed by atoms with Crippen molar-refractivity contribution in [1.29, 1.82) is 5.26 Å². The molecule has 0 N–H and O–H groups in total. The first-order valence-electron chi connectivity index (χ1n) is 6.49. The number of benzene rings is 2. The van der Waals surface area contributed by atoms with Crippen molar-refractivity contribution in [2.75, 3.05) is 6.61 Å². The van der Waals surface area contributed by atoms with Crippen molar-refractivity contribution in [3.05, 3.63) is 63.9 Å². The highest BCUT2D eigenvalue weighted by Crippen LogP contribution is 2.28. The maximum absolute atomic E-state index is 13.0. The SMILES string of the molecule is N#C/C(=C/c1cc(Br)ccc1OCC(=O)[O-])c1ccc(F)cc1. The van der Waals surface area contributed by atoms with Crippen LogP contribution in [0.25, 0.3) is 11.6 Å². The zero-order chi connectivity index (χ0) is 16.8. The summed E-state index contributed by atoms with van der Waals surface area (Å²) in [5.41, 5.74) is 1.35. The summed E-state index contributed by atoms with van der Waals surface area (Å²) in [6.07, 6.45) is 1.54. The van der Waals surface area contributed by atoms with Crippen LogP contribution in [0.4, 0.5) is 4.39 Å². The monoisotopic (exact) mass is 374 g/mol. The van der Waals surface area contributed by atoms with Crippen LogP contribution < -0.4 is 9.84 Å². The number of allylic oxidation sites excluding steroid dienone is 1. The lowest BCUT2D eigenvalue weighted by Crippen LogP contribution is -2.29. The van der Waals surface area contributed by atoms with Crippen LogP contribution in [-0.2, 0) is 4.79 Å². The summed E-state index contributed by atoms with van der Waals surface area (Å²) in [5, 5.41) is 19.9. The molecule has 0 aliphatic heterocycles. The van der Waals surface area contributed by atoms with Crippen LogP contribution in [0.15, 0.2) is 46.9 Å². The third-order valence-corrected chi connectivity index (χ3v) is 3.39. The predicted molar refractivity (Wildman–Crippen MR) is 84.5 cm³/mol. The maximum atomic E-state index is 13.0. The van der Waals surface area contributed by atoms with Crippen molar-refractivity contribution in [1.82, 2.24) is 0 Å². The van der Waals surface area contributed by atoms with E-state index < -0.39 is 18.4 Å². The van der Waals surface area contributed by atoms with Gasteiger partial charge >= 0.3 is 0 Å². The largest absolute Gasteiger partial charge is 0.546 e. The second-order valence-corrected chi connectivity index (χ2v) is 5.44. The minimum absolute atomic E-state index is 0.293. The van der Waals surface area contributed by atoms with Gasteiger partial charge in [0.15, 0.2) is 0 Å². The zero-order valence-corrected chi connectivity index (χ0v) is 13.3. The van der Waals surface area contributed by atoms with Gasteiger partial charge in [0.25, 0.3) is 0 Å². The van der Waals surface area contributed by atoms with E-state index in [0.717, 1.165) is 4.47 Å². The summed E-state index contributed by atoms with van der Waals surface area (Å²) in [6, 6.07) is 12.5. The first-order valence-corrected chi connectivity index (χ1v) is 7.29. The van der Waals surface area contributed by atoms with Gasteiger partial charge in [-0.2, -0.15) is 5.26 Å². The van der Waals surface area contributed by atoms with E-state index in [1.165, 1.54) is 24.3 Å². The highest BCUT2D eigenvalue weighted by molar-refractivity contribution is 9.10. The molecule has 0 bridgehead atoms. The van der Waals surface area contributed by atoms with Gasteiger partial charge in [-0.3, -0.25) is 0 Å². The molecule has 0 spiro atoms. The number of carboxylic acids is 1. The third-order valence-electron chi connectivity index (χ3n) is 2.89. The molecule has 0 amide bonds. The Morgan fingerprint density at radius 2 is 2.00 bits per heavy atom. The molecule has 0 radical (unpaired) electrons. The van der Waals surface area contributed by atoms with Crippen LogP contribution in [0.5, 0.6) is 5.75 Å². The molecule has 0 atom stereocenters. The molecule has 2 aromatic rings. The van der Waals surface area contributed by atoms with Crippen LogP contribution >= 0.6 is 15.9 Å². The zero-order valence-electron chi connectivity index (χ0n) is 11.8. The van der Waals surface area contributed by atoms with Gasteiger partial charge in [-0.15, -0.1) is 0 Å². The Morgan fingerprint density at radius 3 is 2.61 bits per heavy atom.